The summed E-state index contributed by atoms with van der Waals surface area (Å²) in [6.07, 6.45) is 1.22. The number of nitrogens with one attached hydrogen (secondary N) is 2. The zero-order valence-corrected chi connectivity index (χ0v) is 11.2. The van der Waals surface area contributed by atoms with E-state index in [1.165, 1.54) is 6.33 Å². The van der Waals surface area contributed by atoms with E-state index in [0.717, 1.165) is 0 Å². The Hall–Kier alpha value is -3.21. The molecule has 1 aromatic carbocycles. The minimum absolute atomic E-state index is 0.0358. The number of nitrogens with zero attached hydrogens (tertiary/aromatic N) is 4. The summed E-state index contributed by atoms with van der Waals surface area (Å²) < 4.78 is 0. The van der Waals surface area contributed by atoms with Crippen molar-refractivity contribution >= 4 is 23.0 Å². The maximum Gasteiger partial charge on any atom is 0.353 e. The number of hydrogen-bond acceptors (Lipinski definition) is 7. The Balaban J connectivity index is 2.47. The van der Waals surface area contributed by atoms with E-state index < -0.39 is 4.92 Å². The molecule has 2 aromatic rings. The van der Waals surface area contributed by atoms with Crippen LogP contribution in [0.5, 0.6) is 0 Å². The van der Waals surface area contributed by atoms with Gasteiger partial charge in [-0.25, -0.2) is 9.97 Å². The van der Waals surface area contributed by atoms with Gasteiger partial charge in [0.05, 0.1) is 16.2 Å². The molecular formula is C13H12N6O2. The minimum atomic E-state index is -0.560. The molecule has 2 rings (SSSR count). The van der Waals surface area contributed by atoms with Gasteiger partial charge in [-0.15, -0.1) is 0 Å². The summed E-state index contributed by atoms with van der Waals surface area (Å²) in [7, 11) is 0. The van der Waals surface area contributed by atoms with Crippen LogP contribution >= 0.6 is 0 Å². The molecule has 2 N–H and O–H groups in total. The fourth-order valence-corrected chi connectivity index (χ4v) is 1.76. The predicted molar refractivity (Wildman–Crippen MR) is 77.3 cm³/mol. The number of anilines is 3. The van der Waals surface area contributed by atoms with E-state index in [9.17, 15) is 10.1 Å². The lowest BCUT2D eigenvalue weighted by Gasteiger charge is -2.09. The normalized spacial score (nSPS) is 9.71. The van der Waals surface area contributed by atoms with Gasteiger partial charge in [-0.3, -0.25) is 10.1 Å². The molecule has 0 aliphatic heterocycles. The van der Waals surface area contributed by atoms with Crippen LogP contribution in [0.15, 0.2) is 30.6 Å². The average Bonchev–Trinajstić information content (AvgIpc) is 2.48. The van der Waals surface area contributed by atoms with Gasteiger partial charge in [0.25, 0.3) is 0 Å². The van der Waals surface area contributed by atoms with Crippen molar-refractivity contribution in [3.05, 3.63) is 46.3 Å². The van der Waals surface area contributed by atoms with Gasteiger partial charge in [0.15, 0.2) is 0 Å². The first kappa shape index (κ1) is 14.2. The number of nitro groups is 1. The monoisotopic (exact) mass is 284 g/mol. The van der Waals surface area contributed by atoms with Crippen LogP contribution in [0.4, 0.5) is 23.0 Å². The van der Waals surface area contributed by atoms with E-state index in [1.54, 1.807) is 24.3 Å². The summed E-state index contributed by atoms with van der Waals surface area (Å²) in [4.78, 5) is 18.4. The SMILES string of the molecule is CCNc1ncnc(Nc2ccccc2C#N)c1[N+](=O)[O-]. The molecule has 21 heavy (non-hydrogen) atoms. The average molecular weight is 284 g/mol. The van der Waals surface area contributed by atoms with E-state index >= 15 is 0 Å². The van der Waals surface area contributed by atoms with Gasteiger partial charge in [-0.2, -0.15) is 5.26 Å². The number of rotatable bonds is 5. The zero-order valence-electron chi connectivity index (χ0n) is 11.2. The maximum atomic E-state index is 11.2. The van der Waals surface area contributed by atoms with Crippen molar-refractivity contribution in [1.29, 1.82) is 5.26 Å². The molecule has 1 aromatic heterocycles. The van der Waals surface area contributed by atoms with Crippen LogP contribution in [0.1, 0.15) is 12.5 Å². The second-order valence-corrected chi connectivity index (χ2v) is 3.99. The smallest absolute Gasteiger partial charge is 0.353 e. The Labute approximate surface area is 120 Å². The van der Waals surface area contributed by atoms with Crippen molar-refractivity contribution in [2.24, 2.45) is 0 Å². The summed E-state index contributed by atoms with van der Waals surface area (Å²) in [6, 6.07) is 8.71. The molecule has 0 aliphatic rings. The Morgan fingerprint density at radius 1 is 1.33 bits per heavy atom. The van der Waals surface area contributed by atoms with E-state index in [0.29, 0.717) is 17.8 Å². The number of para-hydroxylation sites is 1. The molecule has 0 unspecified atom stereocenters. The fraction of sp³-hybridized carbons (Fsp3) is 0.154. The molecule has 0 fully saturated rings. The van der Waals surface area contributed by atoms with Gasteiger partial charge in [-0.1, -0.05) is 12.1 Å². The molecule has 106 valence electrons. The summed E-state index contributed by atoms with van der Waals surface area (Å²) >= 11 is 0. The molecule has 0 bridgehead atoms. The van der Waals surface area contributed by atoms with E-state index in [4.69, 9.17) is 5.26 Å². The van der Waals surface area contributed by atoms with Crippen molar-refractivity contribution in [3.63, 3.8) is 0 Å². The quantitative estimate of drug-likeness (QED) is 0.639. The van der Waals surface area contributed by atoms with E-state index in [2.05, 4.69) is 20.6 Å². The van der Waals surface area contributed by atoms with Crippen LogP contribution < -0.4 is 10.6 Å². The Morgan fingerprint density at radius 3 is 2.71 bits per heavy atom. The van der Waals surface area contributed by atoms with Crippen LogP contribution in [0.3, 0.4) is 0 Å². The minimum Gasteiger partial charge on any atom is -0.364 e. The highest BCUT2D eigenvalue weighted by Crippen LogP contribution is 2.31. The van der Waals surface area contributed by atoms with Crippen LogP contribution in [0.2, 0.25) is 0 Å². The van der Waals surface area contributed by atoms with Crippen LogP contribution in [-0.4, -0.2) is 21.4 Å². The molecule has 8 nitrogen and oxygen atoms in total. The lowest BCUT2D eigenvalue weighted by atomic mass is 10.2. The van der Waals surface area contributed by atoms with E-state index in [-0.39, 0.29) is 17.3 Å². The second-order valence-electron chi connectivity index (χ2n) is 3.99. The standard InChI is InChI=1S/C13H12N6O2/c1-2-15-12-11(19(20)21)13(17-8-16-12)18-10-6-4-3-5-9(10)7-14/h3-6,8H,2H2,1H3,(H2,15,16,17,18). The zero-order chi connectivity index (χ0) is 15.2. The predicted octanol–water partition coefficient (Wildman–Crippen LogP) is 2.43. The van der Waals surface area contributed by atoms with Gasteiger partial charge in [0.1, 0.15) is 12.4 Å². The molecule has 1 heterocycles. The molecule has 0 atom stereocenters. The van der Waals surface area contributed by atoms with Gasteiger partial charge in [0, 0.05) is 6.54 Å². The highest BCUT2D eigenvalue weighted by atomic mass is 16.6. The van der Waals surface area contributed by atoms with Gasteiger partial charge in [-0.05, 0) is 19.1 Å². The molecule has 0 spiro atoms. The van der Waals surface area contributed by atoms with Crippen LogP contribution in [0.25, 0.3) is 0 Å². The maximum absolute atomic E-state index is 11.2. The Bertz CT molecular complexity index is 710. The lowest BCUT2D eigenvalue weighted by molar-refractivity contribution is -0.383. The molecule has 8 heteroatoms. The summed E-state index contributed by atoms with van der Waals surface area (Å²) in [6.45, 7) is 2.30. The Kier molecular flexibility index (Phi) is 4.26. The van der Waals surface area contributed by atoms with Gasteiger partial charge < -0.3 is 10.6 Å². The third-order valence-corrected chi connectivity index (χ3v) is 2.65. The summed E-state index contributed by atoms with van der Waals surface area (Å²) in [5.74, 6) is 0.170. The number of aromatic nitrogens is 2. The second kappa shape index (κ2) is 6.29. The van der Waals surface area contributed by atoms with E-state index in [1.807, 2.05) is 13.0 Å². The van der Waals surface area contributed by atoms with Crippen molar-refractivity contribution in [2.45, 2.75) is 6.92 Å². The van der Waals surface area contributed by atoms with Crippen LogP contribution in [0, 0.1) is 21.4 Å². The summed E-state index contributed by atoms with van der Waals surface area (Å²) in [5.41, 5.74) is 0.562. The molecule has 0 amide bonds. The molecular weight excluding hydrogens is 272 g/mol. The molecule has 0 radical (unpaired) electrons. The molecule has 0 aliphatic carbocycles. The number of nitriles is 1. The third kappa shape index (κ3) is 3.03. The van der Waals surface area contributed by atoms with Crippen molar-refractivity contribution in [3.8, 4) is 6.07 Å². The highest BCUT2D eigenvalue weighted by molar-refractivity contribution is 5.75. The first-order valence-corrected chi connectivity index (χ1v) is 6.16. The third-order valence-electron chi connectivity index (χ3n) is 2.65. The highest BCUT2D eigenvalue weighted by Gasteiger charge is 2.23. The first-order valence-electron chi connectivity index (χ1n) is 6.16. The van der Waals surface area contributed by atoms with Crippen LogP contribution in [-0.2, 0) is 0 Å². The lowest BCUT2D eigenvalue weighted by Crippen LogP contribution is -2.08. The fourth-order valence-electron chi connectivity index (χ4n) is 1.76. The van der Waals surface area contributed by atoms with Gasteiger partial charge in [0.2, 0.25) is 11.6 Å². The first-order chi connectivity index (χ1) is 10.2. The topological polar surface area (TPSA) is 117 Å². The number of hydrogen-bond donors (Lipinski definition) is 2. The van der Waals surface area contributed by atoms with Crippen molar-refractivity contribution in [2.75, 3.05) is 17.2 Å². The Morgan fingerprint density at radius 2 is 2.05 bits per heavy atom. The number of benzene rings is 1. The largest absolute Gasteiger partial charge is 0.364 e. The summed E-state index contributed by atoms with van der Waals surface area (Å²) in [5, 5.41) is 25.9. The van der Waals surface area contributed by atoms with Gasteiger partial charge >= 0.3 is 5.69 Å². The van der Waals surface area contributed by atoms with Crippen molar-refractivity contribution in [1.82, 2.24) is 9.97 Å². The molecule has 0 saturated carbocycles. The van der Waals surface area contributed by atoms with Crippen molar-refractivity contribution < 1.29 is 4.92 Å². The molecule has 0 saturated heterocycles.